The lowest BCUT2D eigenvalue weighted by Gasteiger charge is -2.19. The largest absolute Gasteiger partial charge is 0.312 e. The molecule has 1 aliphatic rings. The summed E-state index contributed by atoms with van der Waals surface area (Å²) in [6.07, 6.45) is 8.95. The molecule has 1 aromatic heterocycles. The number of rotatable bonds is 3. The minimum absolute atomic E-state index is 0.444. The number of thiazole rings is 1. The van der Waals surface area contributed by atoms with Crippen molar-refractivity contribution in [1.82, 2.24) is 10.3 Å². The zero-order valence-electron chi connectivity index (χ0n) is 9.62. The van der Waals surface area contributed by atoms with Gasteiger partial charge in [0.25, 0.3) is 0 Å². The highest BCUT2D eigenvalue weighted by atomic mass is 32.1. The van der Waals surface area contributed by atoms with Gasteiger partial charge in [-0.25, -0.2) is 4.98 Å². The van der Waals surface area contributed by atoms with E-state index in [4.69, 9.17) is 0 Å². The van der Waals surface area contributed by atoms with E-state index in [-0.39, 0.29) is 0 Å². The predicted octanol–water partition coefficient (Wildman–Crippen LogP) is 3.47. The quantitative estimate of drug-likeness (QED) is 0.850. The van der Waals surface area contributed by atoms with Crippen LogP contribution in [0.25, 0.3) is 0 Å². The van der Waals surface area contributed by atoms with Crippen molar-refractivity contribution in [3.05, 3.63) is 16.1 Å². The third-order valence-corrected chi connectivity index (χ3v) is 4.70. The molecule has 0 bridgehead atoms. The van der Waals surface area contributed by atoms with Crippen molar-refractivity contribution in [3.63, 3.8) is 0 Å². The molecule has 0 spiro atoms. The fourth-order valence-electron chi connectivity index (χ4n) is 2.18. The number of nitrogens with one attached hydrogen (secondary N) is 1. The maximum atomic E-state index is 4.59. The lowest BCUT2D eigenvalue weighted by Crippen LogP contribution is -2.10. The van der Waals surface area contributed by atoms with E-state index in [2.05, 4.69) is 23.4 Å². The maximum absolute atomic E-state index is 4.59. The molecule has 0 aliphatic heterocycles. The molecule has 2 rings (SSSR count). The standard InChI is InChI=1S/C12H20N2S/c1-9(13-2)11-8-14-12(15-11)10-6-4-3-5-7-10/h8-10,13H,3-7H2,1-2H3. The Bertz CT molecular complexity index is 302. The van der Waals surface area contributed by atoms with Crippen molar-refractivity contribution >= 4 is 11.3 Å². The Balaban J connectivity index is 2.05. The molecule has 1 heterocycles. The summed E-state index contributed by atoms with van der Waals surface area (Å²) < 4.78 is 0. The molecule has 0 aromatic carbocycles. The van der Waals surface area contributed by atoms with Gasteiger partial charge in [0.15, 0.2) is 0 Å². The number of aromatic nitrogens is 1. The van der Waals surface area contributed by atoms with Crippen molar-refractivity contribution in [2.75, 3.05) is 7.05 Å². The van der Waals surface area contributed by atoms with Gasteiger partial charge in [-0.2, -0.15) is 0 Å². The molecular weight excluding hydrogens is 204 g/mol. The summed E-state index contributed by atoms with van der Waals surface area (Å²) in [6, 6.07) is 0.444. The van der Waals surface area contributed by atoms with Crippen molar-refractivity contribution in [1.29, 1.82) is 0 Å². The van der Waals surface area contributed by atoms with Crippen LogP contribution in [0.5, 0.6) is 0 Å². The average Bonchev–Trinajstić information content (AvgIpc) is 2.78. The minimum Gasteiger partial charge on any atom is -0.312 e. The van der Waals surface area contributed by atoms with Gasteiger partial charge in [-0.15, -0.1) is 11.3 Å². The van der Waals surface area contributed by atoms with E-state index in [0.29, 0.717) is 6.04 Å². The molecular formula is C12H20N2S. The maximum Gasteiger partial charge on any atom is 0.0959 e. The van der Waals surface area contributed by atoms with Crippen LogP contribution in [0.1, 0.15) is 60.9 Å². The number of hydrogen-bond acceptors (Lipinski definition) is 3. The first-order valence-electron chi connectivity index (χ1n) is 5.94. The van der Waals surface area contributed by atoms with E-state index in [1.54, 1.807) is 0 Å². The van der Waals surface area contributed by atoms with Crippen LogP contribution in [0.15, 0.2) is 6.20 Å². The molecule has 1 unspecified atom stereocenters. The molecule has 15 heavy (non-hydrogen) atoms. The van der Waals surface area contributed by atoms with Gasteiger partial charge < -0.3 is 5.32 Å². The summed E-state index contributed by atoms with van der Waals surface area (Å²) in [5.74, 6) is 0.751. The second-order valence-corrected chi connectivity index (χ2v) is 5.54. The third-order valence-electron chi connectivity index (χ3n) is 3.36. The Kier molecular flexibility index (Phi) is 3.76. The fraction of sp³-hybridized carbons (Fsp3) is 0.750. The van der Waals surface area contributed by atoms with Gasteiger partial charge in [0, 0.05) is 23.0 Å². The van der Waals surface area contributed by atoms with Crippen LogP contribution >= 0.6 is 11.3 Å². The second-order valence-electron chi connectivity index (χ2n) is 4.45. The van der Waals surface area contributed by atoms with Gasteiger partial charge in [-0.05, 0) is 26.8 Å². The molecule has 1 fully saturated rings. The predicted molar refractivity (Wildman–Crippen MR) is 65.4 cm³/mol. The lowest BCUT2D eigenvalue weighted by molar-refractivity contribution is 0.442. The normalized spacial score (nSPS) is 20.4. The smallest absolute Gasteiger partial charge is 0.0959 e. The molecule has 1 atom stereocenters. The van der Waals surface area contributed by atoms with Crippen molar-refractivity contribution in [2.24, 2.45) is 0 Å². The number of nitrogens with zero attached hydrogens (tertiary/aromatic N) is 1. The fourth-order valence-corrected chi connectivity index (χ4v) is 3.33. The summed E-state index contributed by atoms with van der Waals surface area (Å²) in [5.41, 5.74) is 0. The van der Waals surface area contributed by atoms with E-state index < -0.39 is 0 Å². The molecule has 1 aromatic rings. The Hall–Kier alpha value is -0.410. The molecule has 0 saturated heterocycles. The van der Waals surface area contributed by atoms with Crippen LogP contribution in [-0.4, -0.2) is 12.0 Å². The first kappa shape index (κ1) is 11.1. The second kappa shape index (κ2) is 5.08. The van der Waals surface area contributed by atoms with Gasteiger partial charge >= 0.3 is 0 Å². The van der Waals surface area contributed by atoms with E-state index in [1.165, 1.54) is 42.0 Å². The zero-order chi connectivity index (χ0) is 10.7. The highest BCUT2D eigenvalue weighted by Gasteiger charge is 2.19. The Morgan fingerprint density at radius 2 is 2.13 bits per heavy atom. The highest BCUT2D eigenvalue weighted by molar-refractivity contribution is 7.11. The Morgan fingerprint density at radius 1 is 1.40 bits per heavy atom. The first-order valence-corrected chi connectivity index (χ1v) is 6.76. The zero-order valence-corrected chi connectivity index (χ0v) is 10.4. The summed E-state index contributed by atoms with van der Waals surface area (Å²) in [6.45, 7) is 2.19. The third kappa shape index (κ3) is 2.58. The minimum atomic E-state index is 0.444. The average molecular weight is 224 g/mol. The van der Waals surface area contributed by atoms with E-state index >= 15 is 0 Å². The topological polar surface area (TPSA) is 24.9 Å². The van der Waals surface area contributed by atoms with E-state index in [0.717, 1.165) is 5.92 Å². The van der Waals surface area contributed by atoms with Crippen LogP contribution in [0.3, 0.4) is 0 Å². The first-order chi connectivity index (χ1) is 7.31. The highest BCUT2D eigenvalue weighted by Crippen LogP contribution is 2.35. The van der Waals surface area contributed by atoms with Crippen molar-refractivity contribution in [3.8, 4) is 0 Å². The van der Waals surface area contributed by atoms with Crippen LogP contribution in [0, 0.1) is 0 Å². The van der Waals surface area contributed by atoms with Crippen LogP contribution in [0.2, 0.25) is 0 Å². The van der Waals surface area contributed by atoms with Crippen LogP contribution < -0.4 is 5.32 Å². The van der Waals surface area contributed by atoms with Gasteiger partial charge in [-0.3, -0.25) is 0 Å². The molecule has 1 aliphatic carbocycles. The summed E-state index contributed by atoms with van der Waals surface area (Å²) >= 11 is 1.90. The van der Waals surface area contributed by atoms with E-state index in [9.17, 15) is 0 Å². The summed E-state index contributed by atoms with van der Waals surface area (Å²) in [7, 11) is 2.00. The van der Waals surface area contributed by atoms with Crippen molar-refractivity contribution in [2.45, 2.75) is 51.0 Å². The van der Waals surface area contributed by atoms with E-state index in [1.807, 2.05) is 18.4 Å². The van der Waals surface area contributed by atoms with Gasteiger partial charge in [0.1, 0.15) is 0 Å². The Morgan fingerprint density at radius 3 is 2.80 bits per heavy atom. The molecule has 3 heteroatoms. The summed E-state index contributed by atoms with van der Waals surface area (Å²) in [5, 5.41) is 4.64. The lowest BCUT2D eigenvalue weighted by atomic mass is 9.90. The van der Waals surface area contributed by atoms with Gasteiger partial charge in [-0.1, -0.05) is 19.3 Å². The van der Waals surface area contributed by atoms with Gasteiger partial charge in [0.05, 0.1) is 5.01 Å². The van der Waals surface area contributed by atoms with Crippen LogP contribution in [0.4, 0.5) is 0 Å². The van der Waals surface area contributed by atoms with Crippen LogP contribution in [-0.2, 0) is 0 Å². The Labute approximate surface area is 96.1 Å². The molecule has 0 amide bonds. The molecule has 0 radical (unpaired) electrons. The monoisotopic (exact) mass is 224 g/mol. The molecule has 1 N–H and O–H groups in total. The van der Waals surface area contributed by atoms with Gasteiger partial charge in [0.2, 0.25) is 0 Å². The van der Waals surface area contributed by atoms with Crippen molar-refractivity contribution < 1.29 is 0 Å². The summed E-state index contributed by atoms with van der Waals surface area (Å²) in [4.78, 5) is 5.96. The molecule has 2 nitrogen and oxygen atoms in total. The molecule has 84 valence electrons. The SMILES string of the molecule is CNC(C)c1cnc(C2CCCCC2)s1. The molecule has 1 saturated carbocycles. The number of hydrogen-bond donors (Lipinski definition) is 1.